The van der Waals surface area contributed by atoms with E-state index in [1.54, 1.807) is 18.1 Å². The van der Waals surface area contributed by atoms with Gasteiger partial charge in [0.1, 0.15) is 6.33 Å². The zero-order valence-corrected chi connectivity index (χ0v) is 12.2. The van der Waals surface area contributed by atoms with E-state index in [9.17, 15) is 0 Å². The predicted octanol–water partition coefficient (Wildman–Crippen LogP) is 3.91. The first-order valence-corrected chi connectivity index (χ1v) is 7.21. The van der Waals surface area contributed by atoms with Crippen molar-refractivity contribution in [3.63, 3.8) is 0 Å². The van der Waals surface area contributed by atoms with Crippen LogP contribution in [0.2, 0.25) is 0 Å². The SMILES string of the molecule is CC(C)n1cnnc1SCc1cccc(Br)c1. The lowest BCUT2D eigenvalue weighted by atomic mass is 10.2. The molecule has 0 aliphatic carbocycles. The summed E-state index contributed by atoms with van der Waals surface area (Å²) in [6.45, 7) is 4.26. The molecule has 1 heterocycles. The minimum atomic E-state index is 0.398. The molecular formula is C12H14BrN3S. The number of halogens is 1. The highest BCUT2D eigenvalue weighted by Crippen LogP contribution is 2.24. The molecule has 17 heavy (non-hydrogen) atoms. The molecule has 1 aromatic heterocycles. The molecule has 0 aliphatic heterocycles. The van der Waals surface area contributed by atoms with Crippen molar-refractivity contribution < 1.29 is 0 Å². The average Bonchev–Trinajstić information content (AvgIpc) is 2.74. The van der Waals surface area contributed by atoms with Crippen LogP contribution < -0.4 is 0 Å². The van der Waals surface area contributed by atoms with Gasteiger partial charge in [-0.2, -0.15) is 0 Å². The van der Waals surface area contributed by atoms with Crippen LogP contribution in [0.5, 0.6) is 0 Å². The molecule has 0 radical (unpaired) electrons. The minimum absolute atomic E-state index is 0.398. The molecule has 3 nitrogen and oxygen atoms in total. The first kappa shape index (κ1) is 12.6. The molecular weight excluding hydrogens is 298 g/mol. The van der Waals surface area contributed by atoms with Crippen LogP contribution in [-0.2, 0) is 5.75 Å². The molecule has 0 aliphatic rings. The number of nitrogens with zero attached hydrogens (tertiary/aromatic N) is 3. The second-order valence-corrected chi connectivity index (χ2v) is 5.89. The summed E-state index contributed by atoms with van der Waals surface area (Å²) in [4.78, 5) is 0. The van der Waals surface area contributed by atoms with Crippen molar-refractivity contribution in [3.05, 3.63) is 40.6 Å². The van der Waals surface area contributed by atoms with Crippen molar-refractivity contribution in [2.45, 2.75) is 30.8 Å². The van der Waals surface area contributed by atoms with Gasteiger partial charge in [-0.15, -0.1) is 10.2 Å². The van der Waals surface area contributed by atoms with E-state index in [4.69, 9.17) is 0 Å². The smallest absolute Gasteiger partial charge is 0.191 e. The molecule has 0 bridgehead atoms. The molecule has 5 heteroatoms. The number of benzene rings is 1. The number of thioether (sulfide) groups is 1. The van der Waals surface area contributed by atoms with Crippen LogP contribution in [0.15, 0.2) is 40.2 Å². The number of hydrogen-bond donors (Lipinski definition) is 0. The van der Waals surface area contributed by atoms with Crippen LogP contribution in [0.1, 0.15) is 25.5 Å². The Morgan fingerprint density at radius 2 is 2.24 bits per heavy atom. The van der Waals surface area contributed by atoms with Crippen molar-refractivity contribution in [2.75, 3.05) is 0 Å². The van der Waals surface area contributed by atoms with Gasteiger partial charge in [0.2, 0.25) is 0 Å². The average molecular weight is 312 g/mol. The van der Waals surface area contributed by atoms with Crippen LogP contribution in [0.4, 0.5) is 0 Å². The summed E-state index contributed by atoms with van der Waals surface area (Å²) >= 11 is 5.19. The Hall–Kier alpha value is -0.810. The molecule has 0 fully saturated rings. The molecule has 2 rings (SSSR count). The topological polar surface area (TPSA) is 30.7 Å². The number of hydrogen-bond acceptors (Lipinski definition) is 3. The molecule has 0 N–H and O–H groups in total. The van der Waals surface area contributed by atoms with Crippen LogP contribution >= 0.6 is 27.7 Å². The third-order valence-corrected chi connectivity index (χ3v) is 3.88. The summed E-state index contributed by atoms with van der Waals surface area (Å²) in [5, 5.41) is 9.07. The Bertz CT molecular complexity index is 496. The second-order valence-electron chi connectivity index (χ2n) is 4.03. The summed E-state index contributed by atoms with van der Waals surface area (Å²) in [5.41, 5.74) is 1.28. The van der Waals surface area contributed by atoms with Crippen molar-refractivity contribution >= 4 is 27.7 Å². The first-order valence-electron chi connectivity index (χ1n) is 5.43. The van der Waals surface area contributed by atoms with Crippen molar-refractivity contribution in [3.8, 4) is 0 Å². The Balaban J connectivity index is 2.05. The maximum Gasteiger partial charge on any atom is 0.191 e. The fraction of sp³-hybridized carbons (Fsp3) is 0.333. The fourth-order valence-electron chi connectivity index (χ4n) is 1.46. The number of aromatic nitrogens is 3. The van der Waals surface area contributed by atoms with Gasteiger partial charge >= 0.3 is 0 Å². The monoisotopic (exact) mass is 311 g/mol. The van der Waals surface area contributed by atoms with Gasteiger partial charge < -0.3 is 4.57 Å². The molecule has 90 valence electrons. The first-order chi connectivity index (χ1) is 8.16. The third kappa shape index (κ3) is 3.33. The lowest BCUT2D eigenvalue weighted by Gasteiger charge is -2.09. The Morgan fingerprint density at radius 3 is 2.94 bits per heavy atom. The quantitative estimate of drug-likeness (QED) is 0.802. The van der Waals surface area contributed by atoms with Crippen molar-refractivity contribution in [2.24, 2.45) is 0 Å². The van der Waals surface area contributed by atoms with Gasteiger partial charge in [-0.1, -0.05) is 39.8 Å². The highest BCUT2D eigenvalue weighted by Gasteiger charge is 2.07. The van der Waals surface area contributed by atoms with Crippen LogP contribution in [0, 0.1) is 0 Å². The van der Waals surface area contributed by atoms with Gasteiger partial charge in [0.15, 0.2) is 5.16 Å². The van der Waals surface area contributed by atoms with Crippen molar-refractivity contribution in [1.82, 2.24) is 14.8 Å². The van der Waals surface area contributed by atoms with E-state index in [0.29, 0.717) is 6.04 Å². The van der Waals surface area contributed by atoms with Gasteiger partial charge in [0, 0.05) is 16.3 Å². The Morgan fingerprint density at radius 1 is 1.41 bits per heavy atom. The highest BCUT2D eigenvalue weighted by molar-refractivity contribution is 9.10. The van der Waals surface area contributed by atoms with Gasteiger partial charge in [0.05, 0.1) is 0 Å². The van der Waals surface area contributed by atoms with E-state index in [0.717, 1.165) is 15.4 Å². The molecule has 0 unspecified atom stereocenters. The summed E-state index contributed by atoms with van der Waals surface area (Å²) in [5.74, 6) is 0.908. The minimum Gasteiger partial charge on any atom is -0.306 e. The lowest BCUT2D eigenvalue weighted by molar-refractivity contribution is 0.549. The van der Waals surface area contributed by atoms with E-state index in [2.05, 4.69) is 56.7 Å². The zero-order chi connectivity index (χ0) is 12.3. The van der Waals surface area contributed by atoms with E-state index in [-0.39, 0.29) is 0 Å². The fourth-order valence-corrected chi connectivity index (χ4v) is 2.90. The van der Waals surface area contributed by atoms with Gasteiger partial charge in [0.25, 0.3) is 0 Å². The second kappa shape index (κ2) is 5.69. The van der Waals surface area contributed by atoms with Crippen LogP contribution in [0.25, 0.3) is 0 Å². The van der Waals surface area contributed by atoms with Crippen LogP contribution in [-0.4, -0.2) is 14.8 Å². The molecule has 0 atom stereocenters. The maximum atomic E-state index is 4.14. The standard InChI is InChI=1S/C12H14BrN3S/c1-9(2)16-8-14-15-12(16)17-7-10-4-3-5-11(13)6-10/h3-6,8-9H,7H2,1-2H3. The van der Waals surface area contributed by atoms with Gasteiger partial charge in [-0.3, -0.25) is 0 Å². The summed E-state index contributed by atoms with van der Waals surface area (Å²) in [6, 6.07) is 8.73. The molecule has 0 saturated heterocycles. The molecule has 0 amide bonds. The summed E-state index contributed by atoms with van der Waals surface area (Å²) in [7, 11) is 0. The highest BCUT2D eigenvalue weighted by atomic mass is 79.9. The Labute approximate surface area is 114 Å². The maximum absolute atomic E-state index is 4.14. The largest absolute Gasteiger partial charge is 0.306 e. The lowest BCUT2D eigenvalue weighted by Crippen LogP contribution is -2.00. The van der Waals surface area contributed by atoms with Crippen molar-refractivity contribution in [1.29, 1.82) is 0 Å². The van der Waals surface area contributed by atoms with E-state index in [1.807, 2.05) is 12.1 Å². The van der Waals surface area contributed by atoms with Gasteiger partial charge in [-0.05, 0) is 31.5 Å². The zero-order valence-electron chi connectivity index (χ0n) is 9.80. The molecule has 1 aromatic carbocycles. The summed E-state index contributed by atoms with van der Waals surface area (Å²) < 4.78 is 3.20. The summed E-state index contributed by atoms with van der Waals surface area (Å²) in [6.07, 6.45) is 1.79. The molecule has 0 saturated carbocycles. The van der Waals surface area contributed by atoms with E-state index >= 15 is 0 Å². The Kier molecular flexibility index (Phi) is 4.23. The van der Waals surface area contributed by atoms with Crippen LogP contribution in [0.3, 0.4) is 0 Å². The number of rotatable bonds is 4. The molecule has 0 spiro atoms. The van der Waals surface area contributed by atoms with E-state index < -0.39 is 0 Å². The van der Waals surface area contributed by atoms with E-state index in [1.165, 1.54) is 5.56 Å². The third-order valence-electron chi connectivity index (χ3n) is 2.35. The predicted molar refractivity (Wildman–Crippen MR) is 74.1 cm³/mol. The molecule has 2 aromatic rings. The normalized spacial score (nSPS) is 11.1. The van der Waals surface area contributed by atoms with Gasteiger partial charge in [-0.25, -0.2) is 0 Å².